The molecule has 5 aromatic carbocycles. The summed E-state index contributed by atoms with van der Waals surface area (Å²) in [4.78, 5) is 55.1. The maximum absolute atomic E-state index is 13.7. The third kappa shape index (κ3) is 8.82. The van der Waals surface area contributed by atoms with E-state index in [1.807, 2.05) is 30.3 Å². The second-order valence-corrected chi connectivity index (χ2v) is 13.0. The monoisotopic (exact) mass is 741 g/mol. The lowest BCUT2D eigenvalue weighted by molar-refractivity contribution is -0.121. The zero-order chi connectivity index (χ0) is 38.0. The summed E-state index contributed by atoms with van der Waals surface area (Å²) in [6.07, 6.45) is 1.52. The van der Waals surface area contributed by atoms with Crippen LogP contribution >= 0.6 is 11.8 Å². The van der Waals surface area contributed by atoms with E-state index in [1.165, 1.54) is 44.1 Å². The fourth-order valence-corrected chi connectivity index (χ4v) is 6.54. The number of nitrogens with zero attached hydrogens (tertiary/aromatic N) is 3. The van der Waals surface area contributed by atoms with E-state index >= 15 is 0 Å². The molecule has 54 heavy (non-hydrogen) atoms. The van der Waals surface area contributed by atoms with E-state index < -0.39 is 17.1 Å². The van der Waals surface area contributed by atoms with E-state index in [0.29, 0.717) is 51.1 Å². The SMILES string of the molecule is COc1cc(OC)c(OC)cc1/C=C(\NC(=O)c1ccccc1)C(=O)Nc1ccc(SC2CC(=O)N(c3ccc(N=Nc4ccccc4)cc3)C2=O)cc1. The van der Waals surface area contributed by atoms with Crippen molar-refractivity contribution in [2.24, 2.45) is 10.2 Å². The molecule has 1 heterocycles. The number of anilines is 2. The molecule has 0 spiro atoms. The Morgan fingerprint density at radius 2 is 1.33 bits per heavy atom. The smallest absolute Gasteiger partial charge is 0.272 e. The Kier molecular flexibility index (Phi) is 11.8. The molecule has 0 bridgehead atoms. The highest BCUT2D eigenvalue weighted by Crippen LogP contribution is 2.37. The van der Waals surface area contributed by atoms with Crippen LogP contribution in [0.3, 0.4) is 0 Å². The van der Waals surface area contributed by atoms with Crippen LogP contribution < -0.4 is 29.7 Å². The molecule has 4 amide bonds. The lowest BCUT2D eigenvalue weighted by Crippen LogP contribution is -2.31. The number of rotatable bonds is 13. The molecule has 0 aliphatic carbocycles. The van der Waals surface area contributed by atoms with Gasteiger partial charge in [-0.15, -0.1) is 11.8 Å². The van der Waals surface area contributed by atoms with Gasteiger partial charge in [-0.2, -0.15) is 10.2 Å². The van der Waals surface area contributed by atoms with Gasteiger partial charge in [-0.25, -0.2) is 4.90 Å². The molecule has 1 fully saturated rings. The maximum Gasteiger partial charge on any atom is 0.272 e. The summed E-state index contributed by atoms with van der Waals surface area (Å²) in [7, 11) is 4.46. The highest BCUT2D eigenvalue weighted by molar-refractivity contribution is 8.00. The molecule has 1 atom stereocenters. The Morgan fingerprint density at radius 3 is 1.96 bits per heavy atom. The van der Waals surface area contributed by atoms with E-state index in [9.17, 15) is 19.2 Å². The van der Waals surface area contributed by atoms with E-state index in [-0.39, 0.29) is 23.9 Å². The van der Waals surface area contributed by atoms with Gasteiger partial charge in [0, 0.05) is 34.2 Å². The van der Waals surface area contributed by atoms with Crippen molar-refractivity contribution in [3.8, 4) is 17.2 Å². The van der Waals surface area contributed by atoms with Crippen LogP contribution in [0.15, 0.2) is 142 Å². The molecule has 1 aliphatic heterocycles. The molecule has 12 nitrogen and oxygen atoms in total. The number of hydrogen-bond donors (Lipinski definition) is 2. The van der Waals surface area contributed by atoms with Crippen LogP contribution in [0.4, 0.5) is 22.7 Å². The summed E-state index contributed by atoms with van der Waals surface area (Å²) in [5, 5.41) is 13.3. The quantitative estimate of drug-likeness (QED) is 0.0702. The number of carbonyl (C=O) groups is 4. The van der Waals surface area contributed by atoms with Crippen molar-refractivity contribution in [3.63, 3.8) is 0 Å². The lowest BCUT2D eigenvalue weighted by Gasteiger charge is -2.15. The lowest BCUT2D eigenvalue weighted by atomic mass is 10.1. The molecule has 0 saturated carbocycles. The summed E-state index contributed by atoms with van der Waals surface area (Å²) in [6.45, 7) is 0. The third-order valence-corrected chi connectivity index (χ3v) is 9.40. The van der Waals surface area contributed by atoms with Crippen LogP contribution in [0.1, 0.15) is 22.3 Å². The van der Waals surface area contributed by atoms with Gasteiger partial charge in [0.25, 0.3) is 11.8 Å². The van der Waals surface area contributed by atoms with E-state index in [1.54, 1.807) is 91.0 Å². The van der Waals surface area contributed by atoms with Gasteiger partial charge in [0.1, 0.15) is 11.4 Å². The Bertz CT molecular complexity index is 2210. The van der Waals surface area contributed by atoms with Gasteiger partial charge in [0.2, 0.25) is 11.8 Å². The second kappa shape index (κ2) is 17.2. The molecule has 5 aromatic rings. The van der Waals surface area contributed by atoms with Crippen molar-refractivity contribution in [2.45, 2.75) is 16.6 Å². The number of hydrogen-bond acceptors (Lipinski definition) is 10. The Morgan fingerprint density at radius 1 is 0.741 bits per heavy atom. The zero-order valence-electron chi connectivity index (χ0n) is 29.5. The third-order valence-electron chi connectivity index (χ3n) is 8.21. The number of amides is 4. The van der Waals surface area contributed by atoms with Crippen LogP contribution in [0.5, 0.6) is 17.2 Å². The van der Waals surface area contributed by atoms with E-state index in [0.717, 1.165) is 4.90 Å². The van der Waals surface area contributed by atoms with Gasteiger partial charge >= 0.3 is 0 Å². The van der Waals surface area contributed by atoms with Gasteiger partial charge < -0.3 is 24.8 Å². The number of ether oxygens (including phenoxy) is 3. The molecule has 2 N–H and O–H groups in total. The molecular formula is C41H35N5O7S. The molecule has 1 saturated heterocycles. The summed E-state index contributed by atoms with van der Waals surface area (Å²) >= 11 is 1.26. The van der Waals surface area contributed by atoms with Gasteiger partial charge in [-0.05, 0) is 84.9 Å². The topological polar surface area (TPSA) is 148 Å². The van der Waals surface area contributed by atoms with Crippen molar-refractivity contribution in [2.75, 3.05) is 31.5 Å². The Hall–Kier alpha value is -6.73. The van der Waals surface area contributed by atoms with Crippen LogP contribution in [-0.2, 0) is 14.4 Å². The van der Waals surface area contributed by atoms with Crippen LogP contribution in [0.2, 0.25) is 0 Å². The molecule has 1 unspecified atom stereocenters. The van der Waals surface area contributed by atoms with E-state index in [4.69, 9.17) is 14.2 Å². The van der Waals surface area contributed by atoms with E-state index in [2.05, 4.69) is 20.9 Å². The number of imide groups is 1. The summed E-state index contributed by atoms with van der Waals surface area (Å²) in [5.74, 6) is -0.504. The normalized spacial score (nSPS) is 14.2. The van der Waals surface area contributed by atoms with Crippen molar-refractivity contribution < 1.29 is 33.4 Å². The molecule has 0 radical (unpaired) electrons. The molecule has 13 heteroatoms. The van der Waals surface area contributed by atoms with Gasteiger partial charge in [0.15, 0.2) is 11.5 Å². The minimum atomic E-state index is -0.630. The molecule has 6 rings (SSSR count). The van der Waals surface area contributed by atoms with Crippen LogP contribution in [0.25, 0.3) is 6.08 Å². The number of thioether (sulfide) groups is 1. The summed E-state index contributed by atoms with van der Waals surface area (Å²) in [6, 6.07) is 34.7. The summed E-state index contributed by atoms with van der Waals surface area (Å²) < 4.78 is 16.4. The van der Waals surface area contributed by atoms with Crippen LogP contribution in [-0.4, -0.2) is 50.2 Å². The fraction of sp³-hybridized carbons (Fsp3) is 0.122. The molecule has 1 aliphatic rings. The maximum atomic E-state index is 13.7. The zero-order valence-corrected chi connectivity index (χ0v) is 30.3. The van der Waals surface area contributed by atoms with Crippen molar-refractivity contribution in [1.29, 1.82) is 0 Å². The fourth-order valence-electron chi connectivity index (χ4n) is 5.49. The van der Waals surface area contributed by atoms with Crippen molar-refractivity contribution >= 4 is 64.2 Å². The summed E-state index contributed by atoms with van der Waals surface area (Å²) in [5.41, 5.74) is 2.94. The van der Waals surface area contributed by atoms with Crippen LogP contribution in [0, 0.1) is 0 Å². The number of benzene rings is 5. The predicted octanol–water partition coefficient (Wildman–Crippen LogP) is 7.96. The predicted molar refractivity (Wildman–Crippen MR) is 207 cm³/mol. The second-order valence-electron chi connectivity index (χ2n) is 11.7. The highest BCUT2D eigenvalue weighted by Gasteiger charge is 2.40. The Labute approximate surface area is 315 Å². The van der Waals surface area contributed by atoms with Crippen molar-refractivity contribution in [3.05, 3.63) is 138 Å². The minimum absolute atomic E-state index is 0.0341. The number of azo groups is 1. The van der Waals surface area contributed by atoms with Crippen molar-refractivity contribution in [1.82, 2.24) is 5.32 Å². The largest absolute Gasteiger partial charge is 0.496 e. The molecular weight excluding hydrogens is 707 g/mol. The van der Waals surface area contributed by atoms with Gasteiger partial charge in [-0.3, -0.25) is 19.2 Å². The minimum Gasteiger partial charge on any atom is -0.496 e. The number of carbonyl (C=O) groups excluding carboxylic acids is 4. The van der Waals surface area contributed by atoms with Gasteiger partial charge in [0.05, 0.1) is 43.6 Å². The number of methoxy groups -OCH3 is 3. The standard InChI is InChI=1S/C41H35N5O7S/c1-51-34-24-36(53-3)35(52-2)23-27(34)22-33(43-39(48)26-10-6-4-7-11-26)40(49)42-28-16-20-32(21-17-28)54-37-25-38(47)46(41(37)50)31-18-14-30(15-19-31)45-44-29-12-8-5-9-13-29/h4-24,37H,25H2,1-3H3,(H,42,49)(H,43,48)/b33-22-,45-44?. The first-order chi connectivity index (χ1) is 26.3. The molecule has 272 valence electrons. The number of nitrogens with one attached hydrogen (secondary N) is 2. The van der Waals surface area contributed by atoms with Gasteiger partial charge in [-0.1, -0.05) is 36.4 Å². The highest BCUT2D eigenvalue weighted by atomic mass is 32.2. The Balaban J connectivity index is 1.14. The first-order valence-electron chi connectivity index (χ1n) is 16.7. The first kappa shape index (κ1) is 37.0. The average molecular weight is 742 g/mol. The first-order valence-corrected chi connectivity index (χ1v) is 17.5. The average Bonchev–Trinajstić information content (AvgIpc) is 3.49. The molecule has 0 aromatic heterocycles.